The first-order chi connectivity index (χ1) is 10.7. The average molecular weight is 304 g/mol. The Morgan fingerprint density at radius 3 is 2.27 bits per heavy atom. The molecule has 0 nitrogen and oxygen atoms in total. The maximum absolute atomic E-state index is 13.0. The van der Waals surface area contributed by atoms with Crippen LogP contribution in [0.3, 0.4) is 0 Å². The van der Waals surface area contributed by atoms with Crippen LogP contribution in [0.25, 0.3) is 0 Å². The SMILES string of the molecule is CCCCCCC1CCC(c2ccc(CC(C)F)cc2)CC1. The molecule has 1 saturated carbocycles. The van der Waals surface area contributed by atoms with Crippen LogP contribution in [0.4, 0.5) is 4.39 Å². The van der Waals surface area contributed by atoms with Crippen LogP contribution in [-0.4, -0.2) is 6.17 Å². The van der Waals surface area contributed by atoms with Crippen LogP contribution >= 0.6 is 0 Å². The summed E-state index contributed by atoms with van der Waals surface area (Å²) in [5.74, 6) is 1.71. The summed E-state index contributed by atoms with van der Waals surface area (Å²) in [6, 6.07) is 8.73. The van der Waals surface area contributed by atoms with Gasteiger partial charge in [0.2, 0.25) is 0 Å². The Bertz CT molecular complexity index is 398. The van der Waals surface area contributed by atoms with Crippen LogP contribution in [0, 0.1) is 5.92 Å². The summed E-state index contributed by atoms with van der Waals surface area (Å²) in [5, 5.41) is 0. The molecule has 1 aliphatic carbocycles. The number of alkyl halides is 1. The largest absolute Gasteiger partial charge is 0.247 e. The Labute approximate surface area is 136 Å². The molecule has 22 heavy (non-hydrogen) atoms. The lowest BCUT2D eigenvalue weighted by atomic mass is 9.77. The second kappa shape index (κ2) is 9.33. The molecule has 0 radical (unpaired) electrons. The fourth-order valence-electron chi connectivity index (χ4n) is 3.89. The van der Waals surface area contributed by atoms with E-state index in [-0.39, 0.29) is 0 Å². The highest BCUT2D eigenvalue weighted by molar-refractivity contribution is 5.26. The van der Waals surface area contributed by atoms with Crippen LogP contribution in [0.1, 0.15) is 88.7 Å². The van der Waals surface area contributed by atoms with Gasteiger partial charge >= 0.3 is 0 Å². The van der Waals surface area contributed by atoms with Crippen molar-refractivity contribution in [3.05, 3.63) is 35.4 Å². The number of unbranched alkanes of at least 4 members (excludes halogenated alkanes) is 3. The van der Waals surface area contributed by atoms with Gasteiger partial charge < -0.3 is 0 Å². The molecule has 1 heteroatoms. The molecule has 124 valence electrons. The van der Waals surface area contributed by atoms with Gasteiger partial charge in [-0.15, -0.1) is 0 Å². The number of hydrogen-bond donors (Lipinski definition) is 0. The molecule has 1 aromatic carbocycles. The van der Waals surface area contributed by atoms with Crippen LogP contribution < -0.4 is 0 Å². The predicted molar refractivity (Wildman–Crippen MR) is 94.2 cm³/mol. The predicted octanol–water partition coefficient (Wildman–Crippen LogP) is 6.83. The summed E-state index contributed by atoms with van der Waals surface area (Å²) >= 11 is 0. The molecule has 0 bridgehead atoms. The first kappa shape index (κ1) is 17.5. The molecule has 1 aromatic rings. The molecule has 1 fully saturated rings. The molecule has 0 N–H and O–H groups in total. The highest BCUT2D eigenvalue weighted by Gasteiger charge is 2.21. The average Bonchev–Trinajstić information content (AvgIpc) is 2.52. The Morgan fingerprint density at radius 2 is 1.68 bits per heavy atom. The lowest BCUT2D eigenvalue weighted by molar-refractivity contribution is 0.302. The molecule has 1 unspecified atom stereocenters. The van der Waals surface area contributed by atoms with E-state index in [9.17, 15) is 4.39 Å². The smallest absolute Gasteiger partial charge is 0.101 e. The third-order valence-electron chi connectivity index (χ3n) is 5.28. The third kappa shape index (κ3) is 5.74. The van der Waals surface area contributed by atoms with Crippen molar-refractivity contribution in [3.63, 3.8) is 0 Å². The highest BCUT2D eigenvalue weighted by Crippen LogP contribution is 2.37. The van der Waals surface area contributed by atoms with E-state index < -0.39 is 6.17 Å². The van der Waals surface area contributed by atoms with Crippen LogP contribution in [0.5, 0.6) is 0 Å². The van der Waals surface area contributed by atoms with Crippen molar-refractivity contribution >= 4 is 0 Å². The van der Waals surface area contributed by atoms with Crippen molar-refractivity contribution in [1.29, 1.82) is 0 Å². The molecule has 0 amide bonds. The summed E-state index contributed by atoms with van der Waals surface area (Å²) < 4.78 is 13.0. The molecule has 0 aromatic heterocycles. The minimum absolute atomic E-state index is 0.546. The van der Waals surface area contributed by atoms with E-state index in [0.717, 1.165) is 17.4 Å². The number of rotatable bonds is 8. The molecule has 2 rings (SSSR count). The van der Waals surface area contributed by atoms with Crippen molar-refractivity contribution in [3.8, 4) is 0 Å². The molecular weight excluding hydrogens is 271 g/mol. The zero-order valence-electron chi connectivity index (χ0n) is 14.5. The van der Waals surface area contributed by atoms with Crippen LogP contribution in [0.15, 0.2) is 24.3 Å². The van der Waals surface area contributed by atoms with Gasteiger partial charge in [-0.05, 0) is 55.6 Å². The summed E-state index contributed by atoms with van der Waals surface area (Å²) in [5.41, 5.74) is 2.60. The molecule has 0 spiro atoms. The number of halogens is 1. The Morgan fingerprint density at radius 1 is 1.00 bits per heavy atom. The second-order valence-electron chi connectivity index (χ2n) is 7.29. The van der Waals surface area contributed by atoms with Gasteiger partial charge in [0.05, 0.1) is 0 Å². The topological polar surface area (TPSA) is 0 Å². The van der Waals surface area contributed by atoms with Gasteiger partial charge in [-0.3, -0.25) is 0 Å². The van der Waals surface area contributed by atoms with Crippen molar-refractivity contribution in [1.82, 2.24) is 0 Å². The quantitative estimate of drug-likeness (QED) is 0.462. The van der Waals surface area contributed by atoms with Gasteiger partial charge in [-0.2, -0.15) is 0 Å². The van der Waals surface area contributed by atoms with Crippen LogP contribution in [0.2, 0.25) is 0 Å². The van der Waals surface area contributed by atoms with Crippen molar-refractivity contribution in [2.24, 2.45) is 5.92 Å². The highest BCUT2D eigenvalue weighted by atomic mass is 19.1. The van der Waals surface area contributed by atoms with E-state index in [1.54, 1.807) is 6.92 Å². The summed E-state index contributed by atoms with van der Waals surface area (Å²) in [6.07, 6.45) is 12.3. The van der Waals surface area contributed by atoms with Gasteiger partial charge in [0.1, 0.15) is 6.17 Å². The van der Waals surface area contributed by atoms with Gasteiger partial charge in [0.15, 0.2) is 0 Å². The van der Waals surface area contributed by atoms with Gasteiger partial charge in [-0.25, -0.2) is 4.39 Å². The van der Waals surface area contributed by atoms with Crippen molar-refractivity contribution in [2.75, 3.05) is 0 Å². The van der Waals surface area contributed by atoms with E-state index in [0.29, 0.717) is 6.42 Å². The molecule has 0 saturated heterocycles. The number of hydrogen-bond acceptors (Lipinski definition) is 0. The zero-order chi connectivity index (χ0) is 15.8. The first-order valence-electron chi connectivity index (χ1n) is 9.42. The van der Waals surface area contributed by atoms with Crippen molar-refractivity contribution < 1.29 is 4.39 Å². The fraction of sp³-hybridized carbons (Fsp3) is 0.714. The monoisotopic (exact) mass is 304 g/mol. The number of benzene rings is 1. The first-order valence-corrected chi connectivity index (χ1v) is 9.42. The molecule has 1 atom stereocenters. The van der Waals surface area contributed by atoms with E-state index in [1.165, 1.54) is 63.4 Å². The van der Waals surface area contributed by atoms with Gasteiger partial charge in [-0.1, -0.05) is 63.3 Å². The van der Waals surface area contributed by atoms with Gasteiger partial charge in [0, 0.05) is 6.42 Å². The Kier molecular flexibility index (Phi) is 7.42. The van der Waals surface area contributed by atoms with E-state index in [1.807, 2.05) is 0 Å². The molecule has 0 heterocycles. The minimum atomic E-state index is -0.742. The molecular formula is C21H33F. The lowest BCUT2D eigenvalue weighted by Gasteiger charge is -2.29. The normalized spacial score (nSPS) is 23.4. The van der Waals surface area contributed by atoms with E-state index in [4.69, 9.17) is 0 Å². The standard InChI is InChI=1S/C21H33F/c1-3-4-5-6-7-18-8-12-20(13-9-18)21-14-10-19(11-15-21)16-17(2)22/h10-11,14-15,17-18,20H,3-9,12-13,16H2,1-2H3. The Balaban J connectivity index is 1.74. The van der Waals surface area contributed by atoms with E-state index in [2.05, 4.69) is 31.2 Å². The van der Waals surface area contributed by atoms with E-state index >= 15 is 0 Å². The summed E-state index contributed by atoms with van der Waals surface area (Å²) in [7, 11) is 0. The second-order valence-corrected chi connectivity index (χ2v) is 7.29. The molecule has 0 aliphatic heterocycles. The summed E-state index contributed by atoms with van der Waals surface area (Å²) in [6.45, 7) is 3.92. The maximum atomic E-state index is 13.0. The minimum Gasteiger partial charge on any atom is -0.247 e. The third-order valence-corrected chi connectivity index (χ3v) is 5.28. The maximum Gasteiger partial charge on any atom is 0.101 e. The molecule has 1 aliphatic rings. The van der Waals surface area contributed by atoms with Gasteiger partial charge in [0.25, 0.3) is 0 Å². The lowest BCUT2D eigenvalue weighted by Crippen LogP contribution is -2.13. The zero-order valence-corrected chi connectivity index (χ0v) is 14.5. The van der Waals surface area contributed by atoms with Crippen molar-refractivity contribution in [2.45, 2.75) is 90.1 Å². The fourth-order valence-corrected chi connectivity index (χ4v) is 3.89. The summed E-state index contributed by atoms with van der Waals surface area (Å²) in [4.78, 5) is 0. The Hall–Kier alpha value is -0.850. The van der Waals surface area contributed by atoms with Crippen LogP contribution in [-0.2, 0) is 6.42 Å².